The van der Waals surface area contributed by atoms with E-state index in [1.165, 1.54) is 6.92 Å². The van der Waals surface area contributed by atoms with E-state index in [1.54, 1.807) is 20.8 Å². The van der Waals surface area contributed by atoms with Crippen LogP contribution >= 0.6 is 0 Å². The SMILES string of the molecule is C[C]([C@@H](N=[N+]=[N-])c1cc(C(F)(F)F)cc(C(F)(F)F)c1)C(C)(C)C. The Morgan fingerprint density at radius 2 is 1.38 bits per heavy atom. The molecule has 1 atom stereocenters. The van der Waals surface area contributed by atoms with Gasteiger partial charge in [0.1, 0.15) is 0 Å². The minimum absolute atomic E-state index is 0.0447. The van der Waals surface area contributed by atoms with E-state index in [0.29, 0.717) is 18.1 Å². The van der Waals surface area contributed by atoms with Crippen molar-refractivity contribution in [1.29, 1.82) is 0 Å². The molecule has 0 unspecified atom stereocenters. The first-order chi connectivity index (χ1) is 10.7. The Labute approximate surface area is 135 Å². The largest absolute Gasteiger partial charge is 0.416 e. The lowest BCUT2D eigenvalue weighted by atomic mass is 9.75. The Morgan fingerprint density at radius 1 is 0.958 bits per heavy atom. The zero-order valence-electron chi connectivity index (χ0n) is 13.4. The minimum atomic E-state index is -4.95. The fourth-order valence-electron chi connectivity index (χ4n) is 2.00. The Hall–Kier alpha value is -1.89. The molecular formula is C15H16F6N3. The monoisotopic (exact) mass is 352 g/mol. The molecule has 3 nitrogen and oxygen atoms in total. The van der Waals surface area contributed by atoms with Crippen molar-refractivity contribution in [2.24, 2.45) is 10.5 Å². The van der Waals surface area contributed by atoms with E-state index < -0.39 is 34.9 Å². The van der Waals surface area contributed by atoms with Gasteiger partial charge in [0.2, 0.25) is 0 Å². The average Bonchev–Trinajstić information content (AvgIpc) is 2.40. The number of rotatable bonds is 3. The third-order valence-electron chi connectivity index (χ3n) is 3.69. The van der Waals surface area contributed by atoms with Gasteiger partial charge in [-0.3, -0.25) is 0 Å². The third-order valence-corrected chi connectivity index (χ3v) is 3.69. The molecule has 0 aliphatic heterocycles. The van der Waals surface area contributed by atoms with Crippen molar-refractivity contribution in [3.8, 4) is 0 Å². The second-order valence-electron chi connectivity index (χ2n) is 6.38. The Bertz CT molecular complexity index is 604. The summed E-state index contributed by atoms with van der Waals surface area (Å²) in [6, 6.07) is -0.0186. The average molecular weight is 352 g/mol. The van der Waals surface area contributed by atoms with Crippen LogP contribution in [0, 0.1) is 11.3 Å². The first-order valence-corrected chi connectivity index (χ1v) is 6.85. The number of alkyl halides is 6. The van der Waals surface area contributed by atoms with E-state index in [0.717, 1.165) is 0 Å². The van der Waals surface area contributed by atoms with Gasteiger partial charge < -0.3 is 0 Å². The zero-order chi connectivity index (χ0) is 18.9. The van der Waals surface area contributed by atoms with Crippen LogP contribution in [0.1, 0.15) is 50.4 Å². The number of hydrogen-bond acceptors (Lipinski definition) is 1. The van der Waals surface area contributed by atoms with Crippen LogP contribution in [0.15, 0.2) is 23.3 Å². The molecule has 0 saturated carbocycles. The van der Waals surface area contributed by atoms with E-state index >= 15 is 0 Å². The molecule has 0 aromatic heterocycles. The van der Waals surface area contributed by atoms with Crippen LogP contribution in [0.4, 0.5) is 26.3 Å². The summed E-state index contributed by atoms with van der Waals surface area (Å²) in [5, 5.41) is 3.42. The second kappa shape index (κ2) is 6.55. The lowest BCUT2D eigenvalue weighted by Gasteiger charge is -2.32. The molecule has 9 heteroatoms. The summed E-state index contributed by atoms with van der Waals surface area (Å²) in [4.78, 5) is 2.57. The molecule has 0 bridgehead atoms. The maximum Gasteiger partial charge on any atom is 0.416 e. The molecule has 0 heterocycles. The Morgan fingerprint density at radius 3 is 1.67 bits per heavy atom. The number of benzene rings is 1. The normalized spacial score (nSPS) is 14.5. The molecule has 133 valence electrons. The second-order valence-corrected chi connectivity index (χ2v) is 6.38. The van der Waals surface area contributed by atoms with Crippen molar-refractivity contribution in [1.82, 2.24) is 0 Å². The van der Waals surface area contributed by atoms with Gasteiger partial charge >= 0.3 is 12.4 Å². The van der Waals surface area contributed by atoms with E-state index in [2.05, 4.69) is 10.0 Å². The molecule has 24 heavy (non-hydrogen) atoms. The van der Waals surface area contributed by atoms with Crippen molar-refractivity contribution in [2.75, 3.05) is 0 Å². The van der Waals surface area contributed by atoms with Gasteiger partial charge in [0, 0.05) is 4.91 Å². The van der Waals surface area contributed by atoms with Gasteiger partial charge in [-0.1, -0.05) is 32.8 Å². The standard InChI is InChI=1S/C15H16F6N3/c1-8(13(2,3)4)12(23-24-22)9-5-10(14(16,17)18)7-11(6-9)15(19,20)21/h5-7,12H,1-4H3/t12-/m1/s1. The first kappa shape index (κ1) is 20.2. The van der Waals surface area contributed by atoms with Crippen LogP contribution in [-0.2, 0) is 12.4 Å². The Kier molecular flexibility index (Phi) is 5.50. The highest BCUT2D eigenvalue weighted by molar-refractivity contribution is 5.38. The number of azide groups is 1. The molecule has 1 rings (SSSR count). The van der Waals surface area contributed by atoms with Crippen LogP contribution in [0.3, 0.4) is 0 Å². The van der Waals surface area contributed by atoms with Crippen LogP contribution in [-0.4, -0.2) is 0 Å². The number of halogens is 6. The van der Waals surface area contributed by atoms with Crippen LogP contribution in [0.25, 0.3) is 10.4 Å². The van der Waals surface area contributed by atoms with Crippen molar-refractivity contribution >= 4 is 0 Å². The number of nitrogens with zero attached hydrogens (tertiary/aromatic N) is 3. The molecular weight excluding hydrogens is 336 g/mol. The molecule has 0 aliphatic carbocycles. The van der Waals surface area contributed by atoms with Crippen LogP contribution < -0.4 is 0 Å². The van der Waals surface area contributed by atoms with Crippen molar-refractivity contribution < 1.29 is 26.3 Å². The van der Waals surface area contributed by atoms with Crippen molar-refractivity contribution in [3.63, 3.8) is 0 Å². The minimum Gasteiger partial charge on any atom is -0.166 e. The summed E-state index contributed by atoms with van der Waals surface area (Å²) in [6.45, 7) is 6.70. The van der Waals surface area contributed by atoms with Gasteiger partial charge in [-0.15, -0.1) is 0 Å². The van der Waals surface area contributed by atoms with Gasteiger partial charge in [-0.05, 0) is 40.6 Å². The quantitative estimate of drug-likeness (QED) is 0.251. The summed E-state index contributed by atoms with van der Waals surface area (Å²) in [5.41, 5.74) is 4.87. The lowest BCUT2D eigenvalue weighted by molar-refractivity contribution is -0.143. The highest BCUT2D eigenvalue weighted by atomic mass is 19.4. The van der Waals surface area contributed by atoms with E-state index in [4.69, 9.17) is 5.53 Å². The molecule has 1 radical (unpaired) electrons. The first-order valence-electron chi connectivity index (χ1n) is 6.85. The topological polar surface area (TPSA) is 48.8 Å². The fourth-order valence-corrected chi connectivity index (χ4v) is 2.00. The number of hydrogen-bond donors (Lipinski definition) is 0. The van der Waals surface area contributed by atoms with E-state index in [-0.39, 0.29) is 11.6 Å². The Balaban J connectivity index is 3.62. The van der Waals surface area contributed by atoms with E-state index in [9.17, 15) is 26.3 Å². The molecule has 1 aromatic carbocycles. The molecule has 0 fully saturated rings. The maximum atomic E-state index is 12.9. The predicted molar refractivity (Wildman–Crippen MR) is 76.7 cm³/mol. The van der Waals surface area contributed by atoms with Gasteiger partial charge in [0.15, 0.2) is 0 Å². The molecule has 0 aliphatic rings. The van der Waals surface area contributed by atoms with E-state index in [1.807, 2.05) is 0 Å². The van der Waals surface area contributed by atoms with Crippen LogP contribution in [0.2, 0.25) is 0 Å². The zero-order valence-corrected chi connectivity index (χ0v) is 13.4. The van der Waals surface area contributed by atoms with Gasteiger partial charge in [0.05, 0.1) is 17.2 Å². The van der Waals surface area contributed by atoms with Gasteiger partial charge in [-0.25, -0.2) is 0 Å². The molecule has 0 amide bonds. The summed E-state index contributed by atoms with van der Waals surface area (Å²) in [7, 11) is 0. The fraction of sp³-hybridized carbons (Fsp3) is 0.533. The molecule has 0 saturated heterocycles. The predicted octanol–water partition coefficient (Wildman–Crippen LogP) is 6.72. The van der Waals surface area contributed by atoms with Crippen molar-refractivity contribution in [3.05, 3.63) is 51.3 Å². The summed E-state index contributed by atoms with van der Waals surface area (Å²) < 4.78 is 77.7. The van der Waals surface area contributed by atoms with Crippen LogP contribution in [0.5, 0.6) is 0 Å². The molecule has 0 N–H and O–H groups in total. The van der Waals surface area contributed by atoms with Gasteiger partial charge in [0.25, 0.3) is 0 Å². The highest BCUT2D eigenvalue weighted by Gasteiger charge is 2.39. The third kappa shape index (κ3) is 4.80. The smallest absolute Gasteiger partial charge is 0.166 e. The van der Waals surface area contributed by atoms with Crippen molar-refractivity contribution in [2.45, 2.75) is 46.1 Å². The molecule has 1 aromatic rings. The molecule has 0 spiro atoms. The van der Waals surface area contributed by atoms with Gasteiger partial charge in [-0.2, -0.15) is 26.3 Å². The maximum absolute atomic E-state index is 12.9. The summed E-state index contributed by atoms with van der Waals surface area (Å²) in [5.74, 6) is 0.452. The highest BCUT2D eigenvalue weighted by Crippen LogP contribution is 2.44. The lowest BCUT2D eigenvalue weighted by Crippen LogP contribution is -2.22. The summed E-state index contributed by atoms with van der Waals surface area (Å²) in [6.07, 6.45) is -9.90. The summed E-state index contributed by atoms with van der Waals surface area (Å²) >= 11 is 0.